The normalized spacial score (nSPS) is 21.6. The van der Waals surface area contributed by atoms with Gasteiger partial charge in [-0.3, -0.25) is 0 Å². The summed E-state index contributed by atoms with van der Waals surface area (Å²) in [6.45, 7) is 6.81. The Balaban J connectivity index is 1.56. The van der Waals surface area contributed by atoms with Crippen LogP contribution in [-0.2, 0) is 6.42 Å². The molecule has 0 N–H and O–H groups in total. The molecule has 0 aromatic heterocycles. The van der Waals surface area contributed by atoms with Gasteiger partial charge in [0.05, 0.1) is 0 Å². The van der Waals surface area contributed by atoms with E-state index in [0.29, 0.717) is 6.10 Å². The first-order valence-electron chi connectivity index (χ1n) is 7.76. The zero-order valence-corrected chi connectivity index (χ0v) is 12.2. The average Bonchev–Trinajstić information content (AvgIpc) is 3.26. The second-order valence-corrected chi connectivity index (χ2v) is 6.04. The van der Waals surface area contributed by atoms with Gasteiger partial charge >= 0.3 is 0 Å². The summed E-state index contributed by atoms with van der Waals surface area (Å²) in [6.07, 6.45) is 6.73. The van der Waals surface area contributed by atoms with E-state index in [1.807, 2.05) is 0 Å². The fourth-order valence-electron chi connectivity index (χ4n) is 3.04. The van der Waals surface area contributed by atoms with Gasteiger partial charge in [-0.25, -0.2) is 0 Å². The predicted molar refractivity (Wildman–Crippen MR) is 78.8 cm³/mol. The molecule has 3 rings (SSSR count). The molecule has 2 nitrogen and oxygen atoms in total. The SMILES string of the molecule is CCc1ccc(OC2CCN(C3CC3)CC2)c(C)c1. The first-order chi connectivity index (χ1) is 9.26. The third-order valence-corrected chi connectivity index (χ3v) is 4.48. The molecule has 1 aliphatic heterocycles. The van der Waals surface area contributed by atoms with Crippen molar-refractivity contribution < 1.29 is 4.74 Å². The molecule has 0 spiro atoms. The van der Waals surface area contributed by atoms with Crippen molar-refractivity contribution in [2.75, 3.05) is 13.1 Å². The van der Waals surface area contributed by atoms with Crippen LogP contribution in [0.4, 0.5) is 0 Å². The third-order valence-electron chi connectivity index (χ3n) is 4.48. The van der Waals surface area contributed by atoms with Crippen LogP contribution in [0.5, 0.6) is 5.75 Å². The molecule has 0 radical (unpaired) electrons. The van der Waals surface area contributed by atoms with Crippen LogP contribution in [0.3, 0.4) is 0 Å². The van der Waals surface area contributed by atoms with Gasteiger partial charge < -0.3 is 9.64 Å². The van der Waals surface area contributed by atoms with Crippen molar-refractivity contribution in [3.05, 3.63) is 29.3 Å². The first-order valence-corrected chi connectivity index (χ1v) is 7.76. The Hall–Kier alpha value is -1.02. The highest BCUT2D eigenvalue weighted by molar-refractivity contribution is 5.36. The van der Waals surface area contributed by atoms with Crippen LogP contribution < -0.4 is 4.74 Å². The van der Waals surface area contributed by atoms with E-state index < -0.39 is 0 Å². The maximum Gasteiger partial charge on any atom is 0.122 e. The summed E-state index contributed by atoms with van der Waals surface area (Å²) >= 11 is 0. The topological polar surface area (TPSA) is 12.5 Å². The van der Waals surface area contributed by atoms with Gasteiger partial charge in [0, 0.05) is 19.1 Å². The molecule has 1 aliphatic carbocycles. The number of hydrogen-bond donors (Lipinski definition) is 0. The Labute approximate surface area is 116 Å². The van der Waals surface area contributed by atoms with Crippen molar-refractivity contribution >= 4 is 0 Å². The minimum Gasteiger partial charge on any atom is -0.490 e. The van der Waals surface area contributed by atoms with Crippen LogP contribution in [-0.4, -0.2) is 30.1 Å². The quantitative estimate of drug-likeness (QED) is 0.819. The molecule has 2 aliphatic rings. The van der Waals surface area contributed by atoms with E-state index in [1.54, 1.807) is 0 Å². The van der Waals surface area contributed by atoms with Crippen molar-refractivity contribution in [3.63, 3.8) is 0 Å². The summed E-state index contributed by atoms with van der Waals surface area (Å²) < 4.78 is 6.21. The number of benzene rings is 1. The van der Waals surface area contributed by atoms with Gasteiger partial charge in [-0.05, 0) is 56.2 Å². The lowest BCUT2D eigenvalue weighted by molar-refractivity contribution is 0.0960. The van der Waals surface area contributed by atoms with E-state index >= 15 is 0 Å². The van der Waals surface area contributed by atoms with Crippen LogP contribution >= 0.6 is 0 Å². The summed E-state index contributed by atoms with van der Waals surface area (Å²) in [5, 5.41) is 0. The summed E-state index contributed by atoms with van der Waals surface area (Å²) in [6, 6.07) is 7.52. The van der Waals surface area contributed by atoms with E-state index in [0.717, 1.165) is 18.2 Å². The van der Waals surface area contributed by atoms with E-state index in [9.17, 15) is 0 Å². The van der Waals surface area contributed by atoms with Crippen LogP contribution in [0.1, 0.15) is 43.7 Å². The van der Waals surface area contributed by atoms with Crippen molar-refractivity contribution in [2.24, 2.45) is 0 Å². The summed E-state index contributed by atoms with van der Waals surface area (Å²) in [7, 11) is 0. The maximum absolute atomic E-state index is 6.21. The zero-order valence-electron chi connectivity index (χ0n) is 12.2. The van der Waals surface area contributed by atoms with Crippen molar-refractivity contribution in [1.82, 2.24) is 4.90 Å². The lowest BCUT2D eigenvalue weighted by Crippen LogP contribution is -2.39. The molecule has 1 saturated carbocycles. The van der Waals surface area contributed by atoms with Gasteiger partial charge in [0.15, 0.2) is 0 Å². The lowest BCUT2D eigenvalue weighted by atomic mass is 10.1. The number of piperidine rings is 1. The average molecular weight is 259 g/mol. The highest BCUT2D eigenvalue weighted by atomic mass is 16.5. The molecule has 2 fully saturated rings. The predicted octanol–water partition coefficient (Wildman–Crippen LogP) is 3.56. The van der Waals surface area contributed by atoms with Crippen LogP contribution in [0.2, 0.25) is 0 Å². The van der Waals surface area contributed by atoms with Crippen LogP contribution in [0, 0.1) is 6.92 Å². The standard InChI is InChI=1S/C17H25NO/c1-3-14-4-7-17(13(2)12-14)19-16-8-10-18(11-9-16)15-5-6-15/h4,7,12,15-16H,3,5-6,8-11H2,1-2H3. The molecule has 1 aromatic rings. The smallest absolute Gasteiger partial charge is 0.122 e. The number of aryl methyl sites for hydroxylation is 2. The molecule has 0 amide bonds. The molecular weight excluding hydrogens is 234 g/mol. The molecule has 1 heterocycles. The number of nitrogens with zero attached hydrogens (tertiary/aromatic N) is 1. The second-order valence-electron chi connectivity index (χ2n) is 6.04. The Kier molecular flexibility index (Phi) is 3.79. The Morgan fingerprint density at radius 2 is 1.89 bits per heavy atom. The molecule has 19 heavy (non-hydrogen) atoms. The fourth-order valence-corrected chi connectivity index (χ4v) is 3.04. The Morgan fingerprint density at radius 3 is 2.47 bits per heavy atom. The zero-order chi connectivity index (χ0) is 13.2. The van der Waals surface area contributed by atoms with Gasteiger partial charge in [0.25, 0.3) is 0 Å². The van der Waals surface area contributed by atoms with E-state index in [1.165, 1.54) is 49.9 Å². The summed E-state index contributed by atoms with van der Waals surface area (Å²) in [5.41, 5.74) is 2.68. The largest absolute Gasteiger partial charge is 0.490 e. The van der Waals surface area contributed by atoms with Crippen LogP contribution in [0.25, 0.3) is 0 Å². The molecular formula is C17H25NO. The number of ether oxygens (including phenoxy) is 1. The fraction of sp³-hybridized carbons (Fsp3) is 0.647. The minimum absolute atomic E-state index is 0.418. The van der Waals surface area contributed by atoms with Gasteiger partial charge in [-0.1, -0.05) is 19.1 Å². The van der Waals surface area contributed by atoms with Gasteiger partial charge in [-0.15, -0.1) is 0 Å². The summed E-state index contributed by atoms with van der Waals surface area (Å²) in [4.78, 5) is 2.65. The van der Waals surface area contributed by atoms with Crippen molar-refractivity contribution in [1.29, 1.82) is 0 Å². The highest BCUT2D eigenvalue weighted by Gasteiger charge is 2.32. The van der Waals surface area contributed by atoms with E-state index in [-0.39, 0.29) is 0 Å². The molecule has 0 unspecified atom stereocenters. The van der Waals surface area contributed by atoms with E-state index in [4.69, 9.17) is 4.74 Å². The first kappa shape index (κ1) is 13.0. The van der Waals surface area contributed by atoms with Gasteiger partial charge in [0.2, 0.25) is 0 Å². The molecule has 1 aromatic carbocycles. The Morgan fingerprint density at radius 1 is 1.16 bits per heavy atom. The number of rotatable bonds is 4. The van der Waals surface area contributed by atoms with E-state index in [2.05, 4.69) is 36.9 Å². The summed E-state index contributed by atoms with van der Waals surface area (Å²) in [5.74, 6) is 1.09. The second kappa shape index (κ2) is 5.54. The van der Waals surface area contributed by atoms with Gasteiger partial charge in [0.1, 0.15) is 11.9 Å². The third kappa shape index (κ3) is 3.11. The molecule has 1 saturated heterocycles. The number of likely N-dealkylation sites (tertiary alicyclic amines) is 1. The minimum atomic E-state index is 0.418. The molecule has 104 valence electrons. The molecule has 2 heteroatoms. The Bertz CT molecular complexity index is 431. The van der Waals surface area contributed by atoms with Gasteiger partial charge in [-0.2, -0.15) is 0 Å². The maximum atomic E-state index is 6.21. The highest BCUT2D eigenvalue weighted by Crippen LogP contribution is 2.30. The number of hydrogen-bond acceptors (Lipinski definition) is 2. The van der Waals surface area contributed by atoms with Crippen LogP contribution in [0.15, 0.2) is 18.2 Å². The van der Waals surface area contributed by atoms with Crippen molar-refractivity contribution in [2.45, 2.75) is 58.1 Å². The monoisotopic (exact) mass is 259 g/mol. The molecule has 0 atom stereocenters. The molecule has 0 bridgehead atoms. The lowest BCUT2D eigenvalue weighted by Gasteiger charge is -2.32. The van der Waals surface area contributed by atoms with Crippen molar-refractivity contribution in [3.8, 4) is 5.75 Å².